The molecule has 0 unspecified atom stereocenters. The van der Waals surface area contributed by atoms with Gasteiger partial charge in [-0.25, -0.2) is 0 Å². The number of carbonyl (C=O) groups excluding carboxylic acids is 1. The number of aryl methyl sites for hydroxylation is 1. The summed E-state index contributed by atoms with van der Waals surface area (Å²) in [6.45, 7) is 1.71. The highest BCUT2D eigenvalue weighted by Crippen LogP contribution is 2.27. The third-order valence-corrected chi connectivity index (χ3v) is 4.10. The molecule has 0 amide bonds. The number of esters is 1. The van der Waals surface area contributed by atoms with Gasteiger partial charge in [-0.1, -0.05) is 35.3 Å². The lowest BCUT2D eigenvalue weighted by Gasteiger charge is -2.09. The van der Waals surface area contributed by atoms with E-state index in [1.54, 1.807) is 37.3 Å². The van der Waals surface area contributed by atoms with Gasteiger partial charge in [-0.2, -0.15) is 0 Å². The summed E-state index contributed by atoms with van der Waals surface area (Å²) in [6.07, 6.45) is 1.29. The second kappa shape index (κ2) is 6.67. The second-order valence-corrected chi connectivity index (χ2v) is 6.10. The fraction of sp³-hybridized carbons (Fsp3) is 0.111. The molecule has 2 aromatic carbocycles. The van der Waals surface area contributed by atoms with E-state index >= 15 is 0 Å². The molecule has 0 N–H and O–H groups in total. The van der Waals surface area contributed by atoms with Crippen LogP contribution < -0.4 is 10.2 Å². The van der Waals surface area contributed by atoms with Gasteiger partial charge in [0.05, 0.1) is 11.8 Å². The van der Waals surface area contributed by atoms with E-state index in [1.165, 1.54) is 12.3 Å². The van der Waals surface area contributed by atoms with E-state index in [0.717, 1.165) is 5.56 Å². The highest BCUT2D eigenvalue weighted by molar-refractivity contribution is 6.31. The normalized spacial score (nSPS) is 10.8. The Bertz CT molecular complexity index is 975. The van der Waals surface area contributed by atoms with Crippen LogP contribution in [0.2, 0.25) is 10.0 Å². The molecule has 0 fully saturated rings. The van der Waals surface area contributed by atoms with Crippen LogP contribution in [0.3, 0.4) is 0 Å². The van der Waals surface area contributed by atoms with Crippen LogP contribution >= 0.6 is 23.2 Å². The fourth-order valence-corrected chi connectivity index (χ4v) is 2.61. The Morgan fingerprint density at radius 3 is 2.54 bits per heavy atom. The van der Waals surface area contributed by atoms with Gasteiger partial charge < -0.3 is 9.15 Å². The molecule has 0 atom stereocenters. The van der Waals surface area contributed by atoms with Crippen molar-refractivity contribution in [1.29, 1.82) is 0 Å². The summed E-state index contributed by atoms with van der Waals surface area (Å²) < 4.78 is 10.8. The van der Waals surface area contributed by atoms with Gasteiger partial charge in [-0.05, 0) is 36.8 Å². The Kier molecular flexibility index (Phi) is 4.60. The molecule has 4 nitrogen and oxygen atoms in total. The molecule has 0 saturated carbocycles. The summed E-state index contributed by atoms with van der Waals surface area (Å²) in [5, 5.41) is 0.957. The van der Waals surface area contributed by atoms with Gasteiger partial charge in [-0.15, -0.1) is 0 Å². The van der Waals surface area contributed by atoms with Crippen LogP contribution in [0, 0.1) is 6.92 Å². The lowest BCUT2D eigenvalue weighted by atomic mass is 10.1. The lowest BCUT2D eigenvalue weighted by Crippen LogP contribution is -2.12. The maximum Gasteiger partial charge on any atom is 0.315 e. The summed E-state index contributed by atoms with van der Waals surface area (Å²) >= 11 is 11.6. The average Bonchev–Trinajstić information content (AvgIpc) is 2.56. The minimum Gasteiger partial charge on any atom is -0.462 e. The molecule has 0 spiro atoms. The fourth-order valence-electron chi connectivity index (χ4n) is 2.34. The molecule has 3 rings (SSSR count). The van der Waals surface area contributed by atoms with Crippen molar-refractivity contribution in [3.8, 4) is 5.75 Å². The Morgan fingerprint density at radius 1 is 1.12 bits per heavy atom. The number of hydrogen-bond donors (Lipinski definition) is 0. The molecule has 0 aliphatic rings. The largest absolute Gasteiger partial charge is 0.462 e. The van der Waals surface area contributed by atoms with Crippen molar-refractivity contribution in [1.82, 2.24) is 0 Å². The zero-order chi connectivity index (χ0) is 17.3. The zero-order valence-electron chi connectivity index (χ0n) is 12.6. The smallest absolute Gasteiger partial charge is 0.315 e. The molecule has 24 heavy (non-hydrogen) atoms. The molecule has 1 heterocycles. The Balaban J connectivity index is 1.86. The third-order valence-electron chi connectivity index (χ3n) is 3.58. The van der Waals surface area contributed by atoms with Gasteiger partial charge in [0, 0.05) is 10.6 Å². The van der Waals surface area contributed by atoms with E-state index in [-0.39, 0.29) is 16.9 Å². The first-order chi connectivity index (χ1) is 11.5. The molecule has 0 saturated heterocycles. The first-order valence-corrected chi connectivity index (χ1v) is 7.87. The summed E-state index contributed by atoms with van der Waals surface area (Å²) in [4.78, 5) is 24.1. The summed E-state index contributed by atoms with van der Waals surface area (Å²) in [7, 11) is 0. The van der Waals surface area contributed by atoms with Gasteiger partial charge in [0.15, 0.2) is 0 Å². The van der Waals surface area contributed by atoms with Crippen molar-refractivity contribution in [2.75, 3.05) is 0 Å². The average molecular weight is 363 g/mol. The number of fused-ring (bicyclic) bond motifs is 1. The van der Waals surface area contributed by atoms with E-state index < -0.39 is 5.97 Å². The van der Waals surface area contributed by atoms with Crippen LogP contribution in [0.1, 0.15) is 11.1 Å². The van der Waals surface area contributed by atoms with Crippen LogP contribution in [-0.2, 0) is 11.2 Å². The summed E-state index contributed by atoms with van der Waals surface area (Å²) in [5.74, 6) is -0.0805. The van der Waals surface area contributed by atoms with Crippen LogP contribution in [-0.4, -0.2) is 5.97 Å². The van der Waals surface area contributed by atoms with Crippen LogP contribution in [0.4, 0.5) is 0 Å². The van der Waals surface area contributed by atoms with E-state index in [1.807, 2.05) is 0 Å². The number of hydrogen-bond acceptors (Lipinski definition) is 4. The van der Waals surface area contributed by atoms with Crippen molar-refractivity contribution < 1.29 is 13.9 Å². The van der Waals surface area contributed by atoms with Gasteiger partial charge in [0.2, 0.25) is 5.43 Å². The first-order valence-electron chi connectivity index (χ1n) is 7.11. The van der Waals surface area contributed by atoms with Gasteiger partial charge in [0.1, 0.15) is 22.6 Å². The Hall–Kier alpha value is -2.30. The molecule has 122 valence electrons. The van der Waals surface area contributed by atoms with E-state index in [2.05, 4.69) is 0 Å². The molecule has 0 bridgehead atoms. The minimum absolute atomic E-state index is 0.00869. The van der Waals surface area contributed by atoms with Crippen molar-refractivity contribution in [3.05, 3.63) is 74.1 Å². The standard InChI is InChI=1S/C18H12Cl2O4/c1-10-15(7-6-13-17(22)14(20)9-23-18(10)13)24-16(21)8-11-2-4-12(19)5-3-11/h2-7,9H,8H2,1H3. The quantitative estimate of drug-likeness (QED) is 0.506. The minimum atomic E-state index is -0.420. The van der Waals surface area contributed by atoms with Crippen molar-refractivity contribution >= 4 is 40.1 Å². The topological polar surface area (TPSA) is 56.5 Å². The summed E-state index contributed by atoms with van der Waals surface area (Å²) in [5.41, 5.74) is 1.38. The van der Waals surface area contributed by atoms with Crippen LogP contribution in [0.5, 0.6) is 5.75 Å². The van der Waals surface area contributed by atoms with Gasteiger partial charge in [-0.3, -0.25) is 9.59 Å². The van der Waals surface area contributed by atoms with E-state index in [4.69, 9.17) is 32.4 Å². The molecular weight excluding hydrogens is 351 g/mol. The zero-order valence-corrected chi connectivity index (χ0v) is 14.1. The SMILES string of the molecule is Cc1c(OC(=O)Cc2ccc(Cl)cc2)ccc2c(=O)c(Cl)coc12. The molecule has 3 aromatic rings. The first kappa shape index (κ1) is 16.6. The van der Waals surface area contributed by atoms with Crippen molar-refractivity contribution in [2.45, 2.75) is 13.3 Å². The molecular formula is C18H12Cl2O4. The summed E-state index contributed by atoms with van der Waals surface area (Å²) in [6, 6.07) is 10.0. The van der Waals surface area contributed by atoms with Crippen LogP contribution in [0.15, 0.2) is 51.9 Å². The highest BCUT2D eigenvalue weighted by Gasteiger charge is 2.14. The van der Waals surface area contributed by atoms with E-state index in [0.29, 0.717) is 27.3 Å². The number of rotatable bonds is 3. The monoisotopic (exact) mass is 362 g/mol. The third kappa shape index (κ3) is 3.30. The van der Waals surface area contributed by atoms with Gasteiger partial charge >= 0.3 is 5.97 Å². The molecule has 0 radical (unpaired) electrons. The molecule has 6 heteroatoms. The Morgan fingerprint density at radius 2 is 1.83 bits per heavy atom. The maximum absolute atomic E-state index is 12.1. The number of halogens is 2. The van der Waals surface area contributed by atoms with Crippen LogP contribution in [0.25, 0.3) is 11.0 Å². The predicted molar refractivity (Wildman–Crippen MR) is 93.0 cm³/mol. The number of benzene rings is 2. The second-order valence-electron chi connectivity index (χ2n) is 5.26. The molecule has 1 aromatic heterocycles. The maximum atomic E-state index is 12.1. The lowest BCUT2D eigenvalue weighted by molar-refractivity contribution is -0.133. The van der Waals surface area contributed by atoms with Crippen molar-refractivity contribution in [3.63, 3.8) is 0 Å². The van der Waals surface area contributed by atoms with E-state index in [9.17, 15) is 9.59 Å². The molecule has 0 aliphatic heterocycles. The Labute approximate surface area is 147 Å². The predicted octanol–water partition coefficient (Wildman–Crippen LogP) is 4.56. The molecule has 0 aliphatic carbocycles. The highest BCUT2D eigenvalue weighted by atomic mass is 35.5. The van der Waals surface area contributed by atoms with Crippen molar-refractivity contribution in [2.24, 2.45) is 0 Å². The van der Waals surface area contributed by atoms with Gasteiger partial charge in [0.25, 0.3) is 0 Å². The number of ether oxygens (including phenoxy) is 1. The number of carbonyl (C=O) groups is 1.